The van der Waals surface area contributed by atoms with Crippen LogP contribution in [0.3, 0.4) is 0 Å². The third-order valence-electron chi connectivity index (χ3n) is 6.76. The summed E-state index contributed by atoms with van der Waals surface area (Å²) < 4.78 is 18.8. The number of benzene rings is 2. The maximum atomic E-state index is 14.0. The predicted octanol–water partition coefficient (Wildman–Crippen LogP) is 5.85. The van der Waals surface area contributed by atoms with Gasteiger partial charge in [-0.25, -0.2) is 14.6 Å². The molecule has 0 unspecified atom stereocenters. The van der Waals surface area contributed by atoms with E-state index in [0.717, 1.165) is 11.3 Å². The summed E-state index contributed by atoms with van der Waals surface area (Å²) in [6.45, 7) is 3.83. The summed E-state index contributed by atoms with van der Waals surface area (Å²) in [4.78, 5) is 44.0. The number of halogens is 2. The minimum atomic E-state index is -1.10. The number of carbonyl (C=O) groups excluding carboxylic acids is 1. The number of rotatable bonds is 9. The molecular formula is C31H26Cl2N2O7S. The monoisotopic (exact) mass is 640 g/mol. The number of carbonyl (C=O) groups is 2. The highest BCUT2D eigenvalue weighted by Crippen LogP contribution is 2.38. The molecule has 0 radical (unpaired) electrons. The lowest BCUT2D eigenvalue weighted by Crippen LogP contribution is -2.40. The number of methoxy groups -OCH3 is 1. The van der Waals surface area contributed by atoms with E-state index >= 15 is 0 Å². The Labute approximate surface area is 259 Å². The molecule has 2 aromatic carbocycles. The summed E-state index contributed by atoms with van der Waals surface area (Å²) in [5.74, 6) is -0.552. The average molecular weight is 642 g/mol. The highest BCUT2D eigenvalue weighted by molar-refractivity contribution is 7.07. The first-order valence-corrected chi connectivity index (χ1v) is 14.9. The van der Waals surface area contributed by atoms with Crippen molar-refractivity contribution >= 4 is 52.6 Å². The van der Waals surface area contributed by atoms with Gasteiger partial charge in [-0.2, -0.15) is 0 Å². The first-order chi connectivity index (χ1) is 20.7. The second kappa shape index (κ2) is 12.6. The van der Waals surface area contributed by atoms with Gasteiger partial charge in [0.15, 0.2) is 4.80 Å². The molecule has 2 aromatic heterocycles. The van der Waals surface area contributed by atoms with Gasteiger partial charge in [-0.15, -0.1) is 0 Å². The van der Waals surface area contributed by atoms with E-state index in [2.05, 4.69) is 0 Å². The van der Waals surface area contributed by atoms with Gasteiger partial charge in [0.1, 0.15) is 23.3 Å². The molecule has 43 heavy (non-hydrogen) atoms. The van der Waals surface area contributed by atoms with Gasteiger partial charge in [-0.1, -0.05) is 47.9 Å². The zero-order chi connectivity index (χ0) is 30.8. The van der Waals surface area contributed by atoms with E-state index in [0.29, 0.717) is 66.3 Å². The van der Waals surface area contributed by atoms with E-state index < -0.39 is 23.5 Å². The van der Waals surface area contributed by atoms with Gasteiger partial charge in [0.2, 0.25) is 0 Å². The molecule has 222 valence electrons. The Bertz CT molecular complexity index is 1950. The Kier molecular flexibility index (Phi) is 8.91. The minimum Gasteiger partial charge on any atom is -0.496 e. The summed E-state index contributed by atoms with van der Waals surface area (Å²) in [6, 6.07) is 11.7. The van der Waals surface area contributed by atoms with Gasteiger partial charge in [0, 0.05) is 22.2 Å². The minimum absolute atomic E-state index is 0.0578. The van der Waals surface area contributed by atoms with Gasteiger partial charge in [-0.3, -0.25) is 9.36 Å². The van der Waals surface area contributed by atoms with Crippen molar-refractivity contribution in [1.29, 1.82) is 0 Å². The lowest BCUT2D eigenvalue weighted by atomic mass is 9.93. The van der Waals surface area contributed by atoms with Crippen molar-refractivity contribution in [3.8, 4) is 17.1 Å². The number of aromatic nitrogens is 1. The van der Waals surface area contributed by atoms with E-state index in [1.54, 1.807) is 43.3 Å². The number of carboxylic acid groups (broad SMARTS) is 1. The van der Waals surface area contributed by atoms with Crippen molar-refractivity contribution in [2.75, 3.05) is 13.7 Å². The Morgan fingerprint density at radius 2 is 1.93 bits per heavy atom. The van der Waals surface area contributed by atoms with E-state index in [4.69, 9.17) is 42.1 Å². The van der Waals surface area contributed by atoms with Crippen molar-refractivity contribution in [3.63, 3.8) is 0 Å². The van der Waals surface area contributed by atoms with Crippen molar-refractivity contribution in [2.24, 2.45) is 4.99 Å². The largest absolute Gasteiger partial charge is 0.496 e. The quantitative estimate of drug-likeness (QED) is 0.228. The molecule has 0 saturated heterocycles. The molecule has 0 aliphatic carbocycles. The van der Waals surface area contributed by atoms with Gasteiger partial charge in [0.05, 0.1) is 40.1 Å². The molecular weight excluding hydrogens is 615 g/mol. The smallest absolute Gasteiger partial charge is 0.338 e. The van der Waals surface area contributed by atoms with Crippen LogP contribution in [0.4, 0.5) is 0 Å². The fraction of sp³-hybridized carbons (Fsp3) is 0.226. The molecule has 0 amide bonds. The molecule has 0 fully saturated rings. The molecule has 1 aliphatic rings. The number of furan rings is 1. The first-order valence-electron chi connectivity index (χ1n) is 13.3. The van der Waals surface area contributed by atoms with Crippen LogP contribution in [0, 0.1) is 0 Å². The first kappa shape index (κ1) is 30.3. The van der Waals surface area contributed by atoms with Crippen LogP contribution in [0.25, 0.3) is 17.4 Å². The molecule has 12 heteroatoms. The number of thiazole rings is 1. The van der Waals surface area contributed by atoms with Gasteiger partial charge >= 0.3 is 11.9 Å². The van der Waals surface area contributed by atoms with E-state index in [1.165, 1.54) is 29.9 Å². The van der Waals surface area contributed by atoms with Crippen LogP contribution in [0.5, 0.6) is 5.75 Å². The maximum absolute atomic E-state index is 14.0. The molecule has 0 spiro atoms. The van der Waals surface area contributed by atoms with Crippen LogP contribution >= 0.6 is 34.5 Å². The number of allylic oxidation sites excluding steroid dienone is 1. The maximum Gasteiger partial charge on any atom is 0.338 e. The molecule has 1 aliphatic heterocycles. The Morgan fingerprint density at radius 3 is 2.63 bits per heavy atom. The zero-order valence-corrected chi connectivity index (χ0v) is 25.7. The molecule has 0 bridgehead atoms. The molecule has 0 saturated carbocycles. The molecule has 1 N–H and O–H groups in total. The Morgan fingerprint density at radius 1 is 1.14 bits per heavy atom. The van der Waals surface area contributed by atoms with Crippen molar-refractivity contribution in [3.05, 3.63) is 106 Å². The normalized spacial score (nSPS) is 14.8. The van der Waals surface area contributed by atoms with Crippen LogP contribution in [0.15, 0.2) is 74.0 Å². The van der Waals surface area contributed by atoms with Crippen LogP contribution in [-0.4, -0.2) is 35.3 Å². The number of esters is 1. The van der Waals surface area contributed by atoms with Crippen LogP contribution in [-0.2, 0) is 9.53 Å². The third-order valence-corrected chi connectivity index (χ3v) is 8.31. The summed E-state index contributed by atoms with van der Waals surface area (Å²) in [6.07, 6.45) is 2.76. The number of ether oxygens (including phenoxy) is 2. The number of hydrogen-bond donors (Lipinski definition) is 1. The molecule has 5 rings (SSSR count). The molecule has 1 atom stereocenters. The number of nitrogens with zero attached hydrogens (tertiary/aromatic N) is 2. The highest BCUT2D eigenvalue weighted by Gasteiger charge is 2.36. The number of carboxylic acids is 1. The average Bonchev–Trinajstić information content (AvgIpc) is 3.56. The van der Waals surface area contributed by atoms with Crippen LogP contribution in [0.2, 0.25) is 10.0 Å². The molecule has 4 aromatic rings. The SMILES string of the molecule is CCCC1=C(C(=O)OCC)[C@H](c2cc(Cl)ccc2OC)n2c(s/c(=C/c3ccc(-c4cc(C(=O)O)ccc4Cl)o3)c2=O)=N1. The van der Waals surface area contributed by atoms with Crippen molar-refractivity contribution in [1.82, 2.24) is 4.57 Å². The van der Waals surface area contributed by atoms with Gasteiger partial charge in [0.25, 0.3) is 5.56 Å². The summed E-state index contributed by atoms with van der Waals surface area (Å²) >= 11 is 13.9. The van der Waals surface area contributed by atoms with Crippen molar-refractivity contribution in [2.45, 2.75) is 32.7 Å². The Balaban J connectivity index is 1.70. The van der Waals surface area contributed by atoms with E-state index in [-0.39, 0.29) is 17.7 Å². The topological polar surface area (TPSA) is 120 Å². The fourth-order valence-electron chi connectivity index (χ4n) is 4.89. The molecule has 3 heterocycles. The summed E-state index contributed by atoms with van der Waals surface area (Å²) in [5.41, 5.74) is 1.34. The number of aromatic carboxylic acids is 1. The van der Waals surface area contributed by atoms with Crippen LogP contribution in [0.1, 0.15) is 54.4 Å². The fourth-order valence-corrected chi connectivity index (χ4v) is 6.28. The number of fused-ring (bicyclic) bond motifs is 1. The van der Waals surface area contributed by atoms with Crippen molar-refractivity contribution < 1.29 is 28.6 Å². The van der Waals surface area contributed by atoms with Crippen LogP contribution < -0.4 is 19.6 Å². The second-order valence-corrected chi connectivity index (χ2v) is 11.4. The van der Waals surface area contributed by atoms with Gasteiger partial charge < -0.3 is 19.0 Å². The number of hydrogen-bond acceptors (Lipinski definition) is 8. The van der Waals surface area contributed by atoms with E-state index in [1.807, 2.05) is 6.92 Å². The highest BCUT2D eigenvalue weighted by atomic mass is 35.5. The Hall–Kier alpha value is -4.12. The summed E-state index contributed by atoms with van der Waals surface area (Å²) in [5, 5.41) is 10.1. The predicted molar refractivity (Wildman–Crippen MR) is 164 cm³/mol. The second-order valence-electron chi connectivity index (χ2n) is 9.50. The zero-order valence-electron chi connectivity index (χ0n) is 23.4. The molecule has 9 nitrogen and oxygen atoms in total. The lowest BCUT2D eigenvalue weighted by Gasteiger charge is -2.27. The van der Waals surface area contributed by atoms with E-state index in [9.17, 15) is 19.5 Å². The third kappa shape index (κ3) is 5.90. The standard InChI is InChI=1S/C31H26Cl2N2O7S/c1-4-6-22-26(30(39)41-5-2)27(20-14-17(32)8-11-23(20)40-3)35-28(36)25(43-31(35)34-22)15-18-9-12-24(42-18)19-13-16(29(37)38)7-10-21(19)33/h7-15,27H,4-6H2,1-3H3,(H,37,38)/b25-15+/t27-/m0/s1. The lowest BCUT2D eigenvalue weighted by molar-refractivity contribution is -0.139. The van der Waals surface area contributed by atoms with Gasteiger partial charge in [-0.05, 0) is 61.9 Å². The summed E-state index contributed by atoms with van der Waals surface area (Å²) in [7, 11) is 1.50.